The van der Waals surface area contributed by atoms with Gasteiger partial charge in [0, 0.05) is 12.3 Å². The number of aromatic nitrogens is 2. The molecule has 0 spiro atoms. The second-order valence-corrected chi connectivity index (χ2v) is 6.10. The summed E-state index contributed by atoms with van der Waals surface area (Å²) in [4.78, 5) is 24.9. The van der Waals surface area contributed by atoms with Crippen molar-refractivity contribution in [3.63, 3.8) is 0 Å². The summed E-state index contributed by atoms with van der Waals surface area (Å²) in [6.45, 7) is -0.851. The highest BCUT2D eigenvalue weighted by Crippen LogP contribution is 2.29. The van der Waals surface area contributed by atoms with Crippen LogP contribution in [0.4, 0.5) is 0 Å². The molecule has 0 radical (unpaired) electrons. The third-order valence-corrected chi connectivity index (χ3v) is 4.39. The van der Waals surface area contributed by atoms with Crippen LogP contribution in [-0.2, 0) is 14.2 Å². The van der Waals surface area contributed by atoms with Crippen LogP contribution < -0.4 is 11.2 Å². The van der Waals surface area contributed by atoms with Gasteiger partial charge in [-0.2, -0.15) is 0 Å². The molecule has 3 heterocycles. The van der Waals surface area contributed by atoms with E-state index in [9.17, 15) is 30.0 Å². The molecule has 2 aliphatic rings. The Morgan fingerprint density at radius 1 is 1.04 bits per heavy atom. The standard InChI is InChI=1S/C14H20N2O10/c17-3-5-8(19)11(22)13(26-5)24-4-6-9(20)10(21)12(25-6)16-2-1-7(18)15-14(16)23/h1-2,5-6,8-13,17,19-22H,3-4H2,(H,15,18,23)/t5-,6-,8-,9-,10-,11-,12-,13?/m1/s1. The van der Waals surface area contributed by atoms with E-state index >= 15 is 0 Å². The Morgan fingerprint density at radius 3 is 2.35 bits per heavy atom. The highest BCUT2D eigenvalue weighted by Gasteiger charge is 2.47. The number of ether oxygens (including phenoxy) is 3. The highest BCUT2D eigenvalue weighted by atomic mass is 16.7. The maximum absolute atomic E-state index is 11.8. The second-order valence-electron chi connectivity index (χ2n) is 6.10. The van der Waals surface area contributed by atoms with E-state index in [4.69, 9.17) is 19.3 Å². The van der Waals surface area contributed by atoms with Gasteiger partial charge < -0.3 is 39.7 Å². The number of rotatable bonds is 5. The minimum Gasteiger partial charge on any atom is -0.394 e. The van der Waals surface area contributed by atoms with Crippen LogP contribution >= 0.6 is 0 Å². The lowest BCUT2D eigenvalue weighted by Crippen LogP contribution is -2.38. The predicted molar refractivity (Wildman–Crippen MR) is 81.0 cm³/mol. The van der Waals surface area contributed by atoms with Gasteiger partial charge in [-0.1, -0.05) is 0 Å². The molecule has 2 fully saturated rings. The second kappa shape index (κ2) is 7.54. The van der Waals surface area contributed by atoms with Crippen molar-refractivity contribution in [2.24, 2.45) is 0 Å². The van der Waals surface area contributed by atoms with Crippen LogP contribution in [0.1, 0.15) is 6.23 Å². The van der Waals surface area contributed by atoms with E-state index in [0.29, 0.717) is 0 Å². The molecule has 0 amide bonds. The Kier molecular flexibility index (Phi) is 5.55. The summed E-state index contributed by atoms with van der Waals surface area (Å²) < 4.78 is 16.8. The molecular weight excluding hydrogens is 356 g/mol. The molecule has 0 aliphatic carbocycles. The van der Waals surface area contributed by atoms with Crippen molar-refractivity contribution in [3.05, 3.63) is 33.1 Å². The van der Waals surface area contributed by atoms with Crippen molar-refractivity contribution in [1.82, 2.24) is 9.55 Å². The number of hydrogen-bond acceptors (Lipinski definition) is 10. The van der Waals surface area contributed by atoms with Crippen LogP contribution in [0.2, 0.25) is 0 Å². The molecule has 12 nitrogen and oxygen atoms in total. The zero-order chi connectivity index (χ0) is 19.0. The predicted octanol–water partition coefficient (Wildman–Crippen LogP) is -4.39. The van der Waals surface area contributed by atoms with Gasteiger partial charge in [0.1, 0.15) is 36.6 Å². The number of nitrogens with zero attached hydrogens (tertiary/aromatic N) is 1. The van der Waals surface area contributed by atoms with Crippen molar-refractivity contribution in [3.8, 4) is 0 Å². The van der Waals surface area contributed by atoms with Crippen LogP contribution in [0.25, 0.3) is 0 Å². The Labute approximate surface area is 145 Å². The van der Waals surface area contributed by atoms with Crippen LogP contribution in [0, 0.1) is 0 Å². The van der Waals surface area contributed by atoms with E-state index in [-0.39, 0.29) is 6.61 Å². The Hall–Kier alpha value is -1.64. The molecule has 12 heteroatoms. The summed E-state index contributed by atoms with van der Waals surface area (Å²) in [5, 5.41) is 48.7. The SMILES string of the molecule is O=c1ccn([C@@H]2O[C@H](COC3O[C@H](CO)[C@@H](O)[C@H]3O)[C@@H](O)[C@H]2O)c(=O)[nH]1. The number of aliphatic hydroxyl groups is 5. The minimum atomic E-state index is -1.47. The number of nitrogens with one attached hydrogen (secondary N) is 1. The largest absolute Gasteiger partial charge is 0.394 e. The minimum absolute atomic E-state index is 0.334. The quantitative estimate of drug-likeness (QED) is 0.293. The molecule has 3 rings (SSSR count). The van der Waals surface area contributed by atoms with E-state index in [2.05, 4.69) is 0 Å². The number of hydrogen-bond donors (Lipinski definition) is 6. The van der Waals surface area contributed by atoms with Crippen molar-refractivity contribution in [1.29, 1.82) is 0 Å². The zero-order valence-electron chi connectivity index (χ0n) is 13.4. The maximum Gasteiger partial charge on any atom is 0.330 e. The fraction of sp³-hybridized carbons (Fsp3) is 0.714. The van der Waals surface area contributed by atoms with Gasteiger partial charge in [0.2, 0.25) is 0 Å². The smallest absolute Gasteiger partial charge is 0.330 e. The van der Waals surface area contributed by atoms with Crippen LogP contribution in [0.15, 0.2) is 21.9 Å². The fourth-order valence-electron chi connectivity index (χ4n) is 2.92. The molecule has 1 aromatic heterocycles. The molecular formula is C14H20N2O10. The van der Waals surface area contributed by atoms with E-state index < -0.39 is 67.0 Å². The molecule has 2 aliphatic heterocycles. The first kappa shape index (κ1) is 19.1. The lowest BCUT2D eigenvalue weighted by Gasteiger charge is -2.20. The third-order valence-electron chi connectivity index (χ3n) is 4.39. The first-order valence-electron chi connectivity index (χ1n) is 7.90. The molecule has 1 unspecified atom stereocenters. The summed E-state index contributed by atoms with van der Waals surface area (Å²) in [5.41, 5.74) is -1.44. The lowest BCUT2D eigenvalue weighted by molar-refractivity contribution is -0.190. The van der Waals surface area contributed by atoms with Gasteiger partial charge in [0.15, 0.2) is 12.5 Å². The number of aromatic amines is 1. The van der Waals surface area contributed by atoms with Crippen LogP contribution in [-0.4, -0.2) is 91.2 Å². The molecule has 0 bridgehead atoms. The summed E-state index contributed by atoms with van der Waals surface area (Å²) in [6, 6.07) is 1.06. The maximum atomic E-state index is 11.8. The molecule has 2 saturated heterocycles. The molecule has 0 saturated carbocycles. The third kappa shape index (κ3) is 3.45. The normalized spacial score (nSPS) is 40.2. The summed E-state index contributed by atoms with van der Waals surface area (Å²) >= 11 is 0. The van der Waals surface area contributed by atoms with E-state index in [1.54, 1.807) is 0 Å². The van der Waals surface area contributed by atoms with Crippen molar-refractivity contribution >= 4 is 0 Å². The van der Waals surface area contributed by atoms with Gasteiger partial charge in [0.25, 0.3) is 5.56 Å². The van der Waals surface area contributed by atoms with Crippen molar-refractivity contribution in [2.75, 3.05) is 13.2 Å². The van der Waals surface area contributed by atoms with Crippen molar-refractivity contribution in [2.45, 2.75) is 49.1 Å². The van der Waals surface area contributed by atoms with Crippen molar-refractivity contribution < 1.29 is 39.7 Å². The topological polar surface area (TPSA) is 184 Å². The summed E-state index contributed by atoms with van der Waals surface area (Å²) in [7, 11) is 0. The molecule has 146 valence electrons. The number of H-pyrrole nitrogens is 1. The first-order chi connectivity index (χ1) is 12.3. The summed E-state index contributed by atoms with van der Waals surface area (Å²) in [5.74, 6) is 0. The highest BCUT2D eigenvalue weighted by molar-refractivity contribution is 4.93. The van der Waals surface area contributed by atoms with Gasteiger partial charge in [-0.25, -0.2) is 4.79 Å². The van der Waals surface area contributed by atoms with E-state index in [1.807, 2.05) is 4.98 Å². The number of aliphatic hydroxyl groups excluding tert-OH is 5. The summed E-state index contributed by atoms with van der Waals surface area (Å²) in [6.07, 6.45) is -9.12. The first-order valence-corrected chi connectivity index (χ1v) is 7.90. The van der Waals surface area contributed by atoms with Crippen LogP contribution in [0.3, 0.4) is 0 Å². The van der Waals surface area contributed by atoms with Gasteiger partial charge in [-0.15, -0.1) is 0 Å². The van der Waals surface area contributed by atoms with Gasteiger partial charge in [-0.3, -0.25) is 14.3 Å². The molecule has 1 aromatic rings. The average Bonchev–Trinajstić information content (AvgIpc) is 3.04. The van der Waals surface area contributed by atoms with Gasteiger partial charge >= 0.3 is 5.69 Å². The fourth-order valence-corrected chi connectivity index (χ4v) is 2.92. The molecule has 6 N–H and O–H groups in total. The Balaban J connectivity index is 1.65. The molecule has 26 heavy (non-hydrogen) atoms. The van der Waals surface area contributed by atoms with E-state index in [0.717, 1.165) is 16.8 Å². The van der Waals surface area contributed by atoms with Crippen LogP contribution in [0.5, 0.6) is 0 Å². The Bertz CT molecular complexity index is 735. The van der Waals surface area contributed by atoms with Gasteiger partial charge in [-0.05, 0) is 0 Å². The monoisotopic (exact) mass is 376 g/mol. The average molecular weight is 376 g/mol. The molecule has 8 atom stereocenters. The lowest BCUT2D eigenvalue weighted by atomic mass is 10.1. The van der Waals surface area contributed by atoms with E-state index in [1.165, 1.54) is 0 Å². The Morgan fingerprint density at radius 2 is 1.73 bits per heavy atom. The molecule has 0 aromatic carbocycles. The van der Waals surface area contributed by atoms with Gasteiger partial charge in [0.05, 0.1) is 13.2 Å². The zero-order valence-corrected chi connectivity index (χ0v) is 13.4.